The van der Waals surface area contributed by atoms with Crippen LogP contribution in [-0.4, -0.2) is 9.97 Å². The second kappa shape index (κ2) is 9.46. The van der Waals surface area contributed by atoms with Crippen molar-refractivity contribution in [1.82, 2.24) is 9.97 Å². The van der Waals surface area contributed by atoms with Crippen molar-refractivity contribution in [2.75, 3.05) is 0 Å². The van der Waals surface area contributed by atoms with Crippen LogP contribution >= 0.6 is 0 Å². The summed E-state index contributed by atoms with van der Waals surface area (Å²) in [7, 11) is 0. The van der Waals surface area contributed by atoms with Crippen molar-refractivity contribution in [2.45, 2.75) is 6.92 Å². The lowest BCUT2D eigenvalue weighted by Gasteiger charge is -2.11. The predicted octanol–water partition coefficient (Wildman–Crippen LogP) is 7.96. The maximum atomic E-state index is 4.89. The van der Waals surface area contributed by atoms with Gasteiger partial charge >= 0.3 is 0 Å². The quantitative estimate of drug-likeness (QED) is 0.286. The average molecular weight is 425 g/mol. The number of hydrogen-bond donors (Lipinski definition) is 0. The molecule has 0 aliphatic rings. The maximum Gasteiger partial charge on any atom is 0.0790 e. The molecule has 0 saturated heterocycles. The van der Waals surface area contributed by atoms with E-state index in [9.17, 15) is 0 Å². The Bertz CT molecular complexity index is 1390. The monoisotopic (exact) mass is 424 g/mol. The number of pyridine rings is 2. The number of benzene rings is 3. The summed E-state index contributed by atoms with van der Waals surface area (Å²) in [6, 6.07) is 35.4. The van der Waals surface area contributed by atoms with Crippen LogP contribution in [0.15, 0.2) is 116 Å². The highest BCUT2D eigenvalue weighted by Crippen LogP contribution is 2.30. The van der Waals surface area contributed by atoms with E-state index in [2.05, 4.69) is 91.9 Å². The molecular weight excluding hydrogens is 400 g/mol. The molecule has 2 heteroatoms. The van der Waals surface area contributed by atoms with E-state index >= 15 is 0 Å². The lowest BCUT2D eigenvalue weighted by Crippen LogP contribution is -1.94. The molecule has 0 fully saturated rings. The summed E-state index contributed by atoms with van der Waals surface area (Å²) >= 11 is 0. The van der Waals surface area contributed by atoms with Crippen LogP contribution in [0.1, 0.15) is 16.7 Å². The molecule has 0 radical (unpaired) electrons. The molecule has 0 spiro atoms. The van der Waals surface area contributed by atoms with Crippen molar-refractivity contribution in [3.63, 3.8) is 0 Å². The molecule has 0 unspecified atom stereocenters. The van der Waals surface area contributed by atoms with Gasteiger partial charge in [-0.25, -0.2) is 0 Å². The Morgan fingerprint density at radius 3 is 1.76 bits per heavy atom. The van der Waals surface area contributed by atoms with Gasteiger partial charge in [-0.1, -0.05) is 103 Å². The molecule has 158 valence electrons. The molecule has 0 aliphatic carbocycles. The summed E-state index contributed by atoms with van der Waals surface area (Å²) in [4.78, 5) is 9.69. The van der Waals surface area contributed by atoms with Gasteiger partial charge in [0.05, 0.1) is 11.4 Å². The second-order valence-electron chi connectivity index (χ2n) is 8.03. The first-order valence-electron chi connectivity index (χ1n) is 11.1. The lowest BCUT2D eigenvalue weighted by atomic mass is 9.98. The van der Waals surface area contributed by atoms with Gasteiger partial charge < -0.3 is 0 Å². The fourth-order valence-electron chi connectivity index (χ4n) is 3.99. The zero-order chi connectivity index (χ0) is 22.5. The van der Waals surface area contributed by atoms with Crippen molar-refractivity contribution in [3.05, 3.63) is 132 Å². The third-order valence-corrected chi connectivity index (χ3v) is 5.68. The average Bonchev–Trinajstić information content (AvgIpc) is 2.89. The van der Waals surface area contributed by atoms with E-state index in [0.29, 0.717) is 0 Å². The van der Waals surface area contributed by atoms with Crippen molar-refractivity contribution < 1.29 is 0 Å². The fraction of sp³-hybridized carbons (Fsp3) is 0.0323. The summed E-state index contributed by atoms with van der Waals surface area (Å²) in [6.45, 7) is 2.11. The predicted molar refractivity (Wildman–Crippen MR) is 138 cm³/mol. The highest BCUT2D eigenvalue weighted by Gasteiger charge is 2.11. The van der Waals surface area contributed by atoms with Crippen molar-refractivity contribution in [1.29, 1.82) is 0 Å². The van der Waals surface area contributed by atoms with Crippen LogP contribution in [0, 0.1) is 6.92 Å². The van der Waals surface area contributed by atoms with Gasteiger partial charge in [0, 0.05) is 34.6 Å². The molecule has 2 nitrogen and oxygen atoms in total. The van der Waals surface area contributed by atoms with E-state index in [1.54, 1.807) is 0 Å². The first-order chi connectivity index (χ1) is 16.3. The van der Waals surface area contributed by atoms with E-state index in [-0.39, 0.29) is 0 Å². The van der Waals surface area contributed by atoms with E-state index < -0.39 is 0 Å². The molecule has 0 aliphatic heterocycles. The van der Waals surface area contributed by atoms with Crippen LogP contribution in [0.2, 0.25) is 0 Å². The second-order valence-corrected chi connectivity index (χ2v) is 8.03. The number of aryl methyl sites for hydroxylation is 1. The van der Waals surface area contributed by atoms with Gasteiger partial charge in [0.1, 0.15) is 0 Å². The zero-order valence-electron chi connectivity index (χ0n) is 18.5. The van der Waals surface area contributed by atoms with Crippen LogP contribution in [0.3, 0.4) is 0 Å². The van der Waals surface area contributed by atoms with Crippen molar-refractivity contribution >= 4 is 12.2 Å². The highest BCUT2D eigenvalue weighted by atomic mass is 14.7. The molecule has 0 saturated carbocycles. The van der Waals surface area contributed by atoms with Crippen molar-refractivity contribution in [3.8, 4) is 33.6 Å². The summed E-state index contributed by atoms with van der Waals surface area (Å²) < 4.78 is 0. The Balaban J connectivity index is 1.59. The van der Waals surface area contributed by atoms with Crippen molar-refractivity contribution in [2.24, 2.45) is 0 Å². The van der Waals surface area contributed by atoms with Crippen LogP contribution in [0.25, 0.3) is 45.8 Å². The van der Waals surface area contributed by atoms with E-state index in [1.807, 2.05) is 42.7 Å². The Morgan fingerprint density at radius 1 is 0.515 bits per heavy atom. The Hall–Kier alpha value is -4.30. The number of aromatic nitrogens is 2. The highest BCUT2D eigenvalue weighted by molar-refractivity contribution is 5.82. The molecule has 5 rings (SSSR count). The molecule has 3 aromatic carbocycles. The fourth-order valence-corrected chi connectivity index (χ4v) is 3.99. The molecule has 0 bridgehead atoms. The van der Waals surface area contributed by atoms with Gasteiger partial charge in [-0.3, -0.25) is 9.97 Å². The lowest BCUT2D eigenvalue weighted by molar-refractivity contribution is 1.24. The molecule has 33 heavy (non-hydrogen) atoms. The normalized spacial score (nSPS) is 11.1. The molecule has 2 aromatic heterocycles. The standard InChI is InChI=1S/C31H24N2/c1-23-19-29(22-32-30(23)26-15-9-4-10-16-26)31-27(18-17-24-11-5-2-6-12-24)20-28(21-33-31)25-13-7-3-8-14-25/h2-22H,1H3/b18-17+. The first-order valence-corrected chi connectivity index (χ1v) is 11.1. The molecular formula is C31H24N2. The largest absolute Gasteiger partial charge is 0.255 e. The van der Waals surface area contributed by atoms with Crippen LogP contribution in [-0.2, 0) is 0 Å². The van der Waals surface area contributed by atoms with E-state index in [1.165, 1.54) is 0 Å². The molecule has 0 N–H and O–H groups in total. The molecule has 2 heterocycles. The summed E-state index contributed by atoms with van der Waals surface area (Å²) in [5.41, 5.74) is 9.66. The minimum absolute atomic E-state index is 0.928. The van der Waals surface area contributed by atoms with E-state index in [0.717, 1.165) is 50.3 Å². The Labute approximate surface area is 195 Å². The SMILES string of the molecule is Cc1cc(-c2ncc(-c3ccccc3)cc2/C=C/c2ccccc2)cnc1-c1ccccc1. The van der Waals surface area contributed by atoms with Crippen LogP contribution in [0.5, 0.6) is 0 Å². The van der Waals surface area contributed by atoms with Gasteiger partial charge in [-0.2, -0.15) is 0 Å². The maximum absolute atomic E-state index is 4.89. The number of rotatable bonds is 5. The topological polar surface area (TPSA) is 25.8 Å². The first kappa shape index (κ1) is 20.6. The minimum Gasteiger partial charge on any atom is -0.255 e. The third kappa shape index (κ3) is 4.65. The Kier molecular flexibility index (Phi) is 5.90. The Morgan fingerprint density at radius 2 is 1.09 bits per heavy atom. The molecule has 5 aromatic rings. The van der Waals surface area contributed by atoms with Gasteiger partial charge in [0.25, 0.3) is 0 Å². The molecule has 0 atom stereocenters. The number of hydrogen-bond acceptors (Lipinski definition) is 2. The van der Waals surface area contributed by atoms with Gasteiger partial charge in [-0.15, -0.1) is 0 Å². The zero-order valence-corrected chi connectivity index (χ0v) is 18.5. The summed E-state index contributed by atoms with van der Waals surface area (Å²) in [6.07, 6.45) is 8.16. The minimum atomic E-state index is 0.928. The van der Waals surface area contributed by atoms with Gasteiger partial charge in [0.15, 0.2) is 0 Å². The van der Waals surface area contributed by atoms with Crippen LogP contribution < -0.4 is 0 Å². The summed E-state index contributed by atoms with van der Waals surface area (Å²) in [5.74, 6) is 0. The summed E-state index contributed by atoms with van der Waals surface area (Å²) in [5, 5.41) is 0. The van der Waals surface area contributed by atoms with E-state index in [4.69, 9.17) is 9.97 Å². The molecule has 0 amide bonds. The van der Waals surface area contributed by atoms with Crippen LogP contribution in [0.4, 0.5) is 0 Å². The third-order valence-electron chi connectivity index (χ3n) is 5.68. The number of nitrogens with zero attached hydrogens (tertiary/aromatic N) is 2. The smallest absolute Gasteiger partial charge is 0.0790 e. The van der Waals surface area contributed by atoms with Gasteiger partial charge in [-0.05, 0) is 35.7 Å². The van der Waals surface area contributed by atoms with Gasteiger partial charge in [0.2, 0.25) is 0 Å².